The molecule has 1 fully saturated rings. The number of likely N-dealkylation sites (N-methyl/N-ethyl adjacent to an activating group) is 1. The Kier molecular flexibility index (Phi) is 6.01. The molecule has 1 amide bonds. The molecule has 0 unspecified atom stereocenters. The fraction of sp³-hybridized carbons (Fsp3) is 0.400. The number of rotatable bonds is 5. The van der Waals surface area contributed by atoms with Crippen LogP contribution in [0.15, 0.2) is 42.6 Å². The van der Waals surface area contributed by atoms with Crippen molar-refractivity contribution in [2.24, 2.45) is 0 Å². The number of hydrogen-bond donors (Lipinski definition) is 1. The maximum Gasteiger partial charge on any atom is 0.242 e. The molecule has 0 spiro atoms. The van der Waals surface area contributed by atoms with Crippen LogP contribution in [0, 0.1) is 11.6 Å². The van der Waals surface area contributed by atoms with Crippen molar-refractivity contribution in [1.29, 1.82) is 0 Å². The van der Waals surface area contributed by atoms with Crippen LogP contribution in [0.5, 0.6) is 0 Å². The molecule has 1 aromatic carbocycles. The first-order chi connectivity index (χ1) is 13.0. The molecule has 5 nitrogen and oxygen atoms in total. The van der Waals surface area contributed by atoms with Crippen LogP contribution < -0.4 is 10.2 Å². The van der Waals surface area contributed by atoms with Gasteiger partial charge >= 0.3 is 0 Å². The van der Waals surface area contributed by atoms with E-state index < -0.39 is 17.7 Å². The van der Waals surface area contributed by atoms with E-state index in [1.807, 2.05) is 18.2 Å². The van der Waals surface area contributed by atoms with E-state index in [1.165, 1.54) is 23.1 Å². The largest absolute Gasteiger partial charge is 0.356 e. The number of piperidine rings is 1. The lowest BCUT2D eigenvalue weighted by atomic mass is 10.0. The standard InChI is InChI=1S/C20H24F2N4O/c1-25(2)19(18-15(21)6-5-7-16(18)22)20(27)24-14-9-12-26(13-10-14)17-8-3-4-11-23-17/h3-8,11,14,19H,9-10,12-13H2,1-2H3,(H,24,27)/t19-/m1/s1. The zero-order valence-electron chi connectivity index (χ0n) is 15.5. The Bertz CT molecular complexity index is 757. The van der Waals surface area contributed by atoms with Crippen molar-refractivity contribution in [3.05, 3.63) is 59.8 Å². The van der Waals surface area contributed by atoms with Crippen molar-refractivity contribution in [2.75, 3.05) is 32.1 Å². The number of halogens is 2. The highest BCUT2D eigenvalue weighted by atomic mass is 19.1. The van der Waals surface area contributed by atoms with E-state index in [2.05, 4.69) is 15.2 Å². The van der Waals surface area contributed by atoms with E-state index in [0.717, 1.165) is 31.7 Å². The fourth-order valence-corrected chi connectivity index (χ4v) is 3.47. The maximum atomic E-state index is 14.2. The molecule has 2 aromatic rings. The van der Waals surface area contributed by atoms with E-state index in [1.54, 1.807) is 20.3 Å². The van der Waals surface area contributed by atoms with Gasteiger partial charge in [-0.1, -0.05) is 12.1 Å². The molecule has 0 bridgehead atoms. The summed E-state index contributed by atoms with van der Waals surface area (Å²) in [5.41, 5.74) is -0.217. The van der Waals surface area contributed by atoms with E-state index >= 15 is 0 Å². The number of hydrogen-bond acceptors (Lipinski definition) is 4. The van der Waals surface area contributed by atoms with Crippen LogP contribution >= 0.6 is 0 Å². The van der Waals surface area contributed by atoms with Gasteiger partial charge in [-0.15, -0.1) is 0 Å². The SMILES string of the molecule is CN(C)[C@@H](C(=O)NC1CCN(c2ccccn2)CC1)c1c(F)cccc1F. The van der Waals surface area contributed by atoms with Crippen molar-refractivity contribution < 1.29 is 13.6 Å². The second kappa shape index (κ2) is 8.43. The molecule has 1 N–H and O–H groups in total. The van der Waals surface area contributed by atoms with Gasteiger partial charge in [-0.05, 0) is 51.2 Å². The highest BCUT2D eigenvalue weighted by Gasteiger charge is 2.31. The van der Waals surface area contributed by atoms with Gasteiger partial charge < -0.3 is 10.2 Å². The third-order valence-electron chi connectivity index (χ3n) is 4.85. The van der Waals surface area contributed by atoms with Gasteiger partial charge in [-0.3, -0.25) is 9.69 Å². The molecule has 27 heavy (non-hydrogen) atoms. The lowest BCUT2D eigenvalue weighted by molar-refractivity contribution is -0.126. The minimum Gasteiger partial charge on any atom is -0.356 e. The molecule has 0 aliphatic carbocycles. The summed E-state index contributed by atoms with van der Waals surface area (Å²) in [5, 5.41) is 2.96. The Balaban J connectivity index is 1.65. The number of nitrogens with one attached hydrogen (secondary N) is 1. The molecule has 2 heterocycles. The van der Waals surface area contributed by atoms with Crippen LogP contribution in [0.25, 0.3) is 0 Å². The second-order valence-electron chi connectivity index (χ2n) is 6.96. The summed E-state index contributed by atoms with van der Waals surface area (Å²) in [7, 11) is 3.28. The first kappa shape index (κ1) is 19.2. The lowest BCUT2D eigenvalue weighted by Gasteiger charge is -2.34. The van der Waals surface area contributed by atoms with E-state index in [9.17, 15) is 13.6 Å². The second-order valence-corrected chi connectivity index (χ2v) is 6.96. The maximum absolute atomic E-state index is 14.2. The topological polar surface area (TPSA) is 48.5 Å². The Morgan fingerprint density at radius 3 is 2.37 bits per heavy atom. The average Bonchev–Trinajstić information content (AvgIpc) is 2.65. The van der Waals surface area contributed by atoms with E-state index in [-0.39, 0.29) is 17.5 Å². The molecule has 1 aliphatic rings. The normalized spacial score (nSPS) is 16.4. The van der Waals surface area contributed by atoms with Gasteiger partial charge in [0.25, 0.3) is 0 Å². The third-order valence-corrected chi connectivity index (χ3v) is 4.85. The molecule has 3 rings (SSSR count). The number of benzene rings is 1. The predicted octanol–water partition coefficient (Wildman–Crippen LogP) is 2.75. The summed E-state index contributed by atoms with van der Waals surface area (Å²) in [6.45, 7) is 1.53. The van der Waals surface area contributed by atoms with Crippen LogP contribution in [-0.4, -0.2) is 49.0 Å². The van der Waals surface area contributed by atoms with Crippen molar-refractivity contribution in [3.8, 4) is 0 Å². The number of anilines is 1. The summed E-state index contributed by atoms with van der Waals surface area (Å²) >= 11 is 0. The highest BCUT2D eigenvalue weighted by Crippen LogP contribution is 2.25. The summed E-state index contributed by atoms with van der Waals surface area (Å²) < 4.78 is 28.4. The number of carbonyl (C=O) groups excluding carboxylic acids is 1. The quantitative estimate of drug-likeness (QED) is 0.874. The summed E-state index contributed by atoms with van der Waals surface area (Å²) in [6, 6.07) is 8.38. The van der Waals surface area contributed by atoms with Crippen LogP contribution in [0.3, 0.4) is 0 Å². The van der Waals surface area contributed by atoms with Gasteiger partial charge in [0.15, 0.2) is 0 Å². The number of nitrogens with zero attached hydrogens (tertiary/aromatic N) is 3. The van der Waals surface area contributed by atoms with Crippen molar-refractivity contribution in [3.63, 3.8) is 0 Å². The summed E-state index contributed by atoms with van der Waals surface area (Å²) in [6.07, 6.45) is 3.26. The van der Waals surface area contributed by atoms with Gasteiger partial charge in [-0.2, -0.15) is 0 Å². The highest BCUT2D eigenvalue weighted by molar-refractivity contribution is 5.83. The van der Waals surface area contributed by atoms with Gasteiger partial charge in [0.1, 0.15) is 23.5 Å². The Morgan fingerprint density at radius 1 is 1.15 bits per heavy atom. The number of carbonyl (C=O) groups is 1. The van der Waals surface area contributed by atoms with Gasteiger partial charge in [0.05, 0.1) is 5.56 Å². The van der Waals surface area contributed by atoms with Crippen LogP contribution in [0.2, 0.25) is 0 Å². The molecule has 0 saturated carbocycles. The van der Waals surface area contributed by atoms with Gasteiger partial charge in [-0.25, -0.2) is 13.8 Å². The molecule has 0 radical (unpaired) electrons. The zero-order chi connectivity index (χ0) is 19.4. The Labute approximate surface area is 158 Å². The summed E-state index contributed by atoms with van der Waals surface area (Å²) in [4.78, 5) is 20.8. The lowest BCUT2D eigenvalue weighted by Crippen LogP contribution is -2.48. The van der Waals surface area contributed by atoms with Crippen molar-refractivity contribution in [2.45, 2.75) is 24.9 Å². The van der Waals surface area contributed by atoms with Crippen LogP contribution in [0.4, 0.5) is 14.6 Å². The zero-order valence-corrected chi connectivity index (χ0v) is 15.5. The van der Waals surface area contributed by atoms with Crippen LogP contribution in [-0.2, 0) is 4.79 Å². The van der Waals surface area contributed by atoms with Crippen molar-refractivity contribution >= 4 is 11.7 Å². The fourth-order valence-electron chi connectivity index (χ4n) is 3.47. The van der Waals surface area contributed by atoms with E-state index in [0.29, 0.717) is 0 Å². The smallest absolute Gasteiger partial charge is 0.242 e. The minimum atomic E-state index is -1.01. The van der Waals surface area contributed by atoms with Gasteiger partial charge in [0.2, 0.25) is 5.91 Å². The third kappa shape index (κ3) is 4.42. The van der Waals surface area contributed by atoms with Crippen LogP contribution in [0.1, 0.15) is 24.4 Å². The molecular weight excluding hydrogens is 350 g/mol. The first-order valence-electron chi connectivity index (χ1n) is 9.04. The van der Waals surface area contributed by atoms with E-state index in [4.69, 9.17) is 0 Å². The predicted molar refractivity (Wildman–Crippen MR) is 100 cm³/mol. The number of pyridine rings is 1. The summed E-state index contributed by atoms with van der Waals surface area (Å²) in [5.74, 6) is -0.898. The molecular formula is C20H24F2N4O. The first-order valence-corrected chi connectivity index (χ1v) is 9.04. The average molecular weight is 374 g/mol. The molecule has 1 aliphatic heterocycles. The molecule has 1 atom stereocenters. The molecule has 7 heteroatoms. The number of amides is 1. The molecule has 144 valence electrons. The Hall–Kier alpha value is -2.54. The monoisotopic (exact) mass is 374 g/mol. The van der Waals surface area contributed by atoms with Crippen molar-refractivity contribution in [1.82, 2.24) is 15.2 Å². The molecule has 1 saturated heterocycles. The minimum absolute atomic E-state index is 0.0326. The Morgan fingerprint density at radius 2 is 1.81 bits per heavy atom. The van der Waals surface area contributed by atoms with Gasteiger partial charge in [0, 0.05) is 25.3 Å². The molecule has 1 aromatic heterocycles. The number of aromatic nitrogens is 1.